The van der Waals surface area contributed by atoms with Crippen LogP contribution in [0.25, 0.3) is 4.96 Å². The fourth-order valence-corrected chi connectivity index (χ4v) is 2.45. The molecule has 2 N–H and O–H groups in total. The zero-order valence-corrected chi connectivity index (χ0v) is 10.4. The number of nitrogens with zero attached hydrogens (tertiary/aromatic N) is 2. The predicted molar refractivity (Wildman–Crippen MR) is 66.7 cm³/mol. The van der Waals surface area contributed by atoms with Gasteiger partial charge in [-0.2, -0.15) is 0 Å². The minimum Gasteiger partial charge on any atom is -0.481 e. The Morgan fingerprint density at radius 3 is 3.11 bits per heavy atom. The van der Waals surface area contributed by atoms with E-state index in [9.17, 15) is 9.59 Å². The number of carboxylic acid groups (broad SMARTS) is 1. The number of fused-ring (bicyclic) bond motifs is 1. The average molecular weight is 267 g/mol. The van der Waals surface area contributed by atoms with Gasteiger partial charge in [0.2, 0.25) is 5.91 Å². The first kappa shape index (κ1) is 12.6. The van der Waals surface area contributed by atoms with E-state index in [4.69, 9.17) is 5.11 Å². The number of amides is 1. The number of carbonyl (C=O) groups excluding carboxylic acids is 1. The van der Waals surface area contributed by atoms with Crippen LogP contribution >= 0.6 is 11.3 Å². The Kier molecular flexibility index (Phi) is 3.93. The third-order valence-electron chi connectivity index (χ3n) is 2.45. The molecular formula is C11H13N3O3S. The van der Waals surface area contributed by atoms with Crippen molar-refractivity contribution in [2.24, 2.45) is 0 Å². The van der Waals surface area contributed by atoms with Gasteiger partial charge in [-0.25, -0.2) is 4.98 Å². The molecule has 2 aromatic rings. The molecule has 2 aromatic heterocycles. The quantitative estimate of drug-likeness (QED) is 0.762. The molecule has 0 saturated heterocycles. The number of aromatic nitrogens is 2. The lowest BCUT2D eigenvalue weighted by Gasteiger charge is -2.03. The molecule has 7 heteroatoms. The number of carbonyl (C=O) groups is 2. The highest BCUT2D eigenvalue weighted by Gasteiger charge is 2.08. The smallest absolute Gasteiger partial charge is 0.303 e. The Morgan fingerprint density at radius 2 is 2.33 bits per heavy atom. The number of nitrogens with one attached hydrogen (secondary N) is 1. The zero-order valence-electron chi connectivity index (χ0n) is 9.63. The molecule has 0 fully saturated rings. The van der Waals surface area contributed by atoms with Crippen LogP contribution in [0.4, 0.5) is 0 Å². The number of hydrogen-bond donors (Lipinski definition) is 2. The van der Waals surface area contributed by atoms with Crippen LogP contribution in [0.15, 0.2) is 17.8 Å². The van der Waals surface area contributed by atoms with Gasteiger partial charge in [-0.15, -0.1) is 11.3 Å². The van der Waals surface area contributed by atoms with E-state index in [0.29, 0.717) is 13.0 Å². The van der Waals surface area contributed by atoms with E-state index in [0.717, 1.165) is 10.7 Å². The maximum Gasteiger partial charge on any atom is 0.303 e. The van der Waals surface area contributed by atoms with Crippen molar-refractivity contribution in [1.29, 1.82) is 0 Å². The topological polar surface area (TPSA) is 83.7 Å². The molecule has 0 aromatic carbocycles. The van der Waals surface area contributed by atoms with Crippen molar-refractivity contribution >= 4 is 28.2 Å². The van der Waals surface area contributed by atoms with Gasteiger partial charge >= 0.3 is 5.97 Å². The summed E-state index contributed by atoms with van der Waals surface area (Å²) < 4.78 is 1.88. The molecule has 0 saturated carbocycles. The second kappa shape index (κ2) is 5.63. The second-order valence-corrected chi connectivity index (χ2v) is 4.67. The largest absolute Gasteiger partial charge is 0.481 e. The van der Waals surface area contributed by atoms with Gasteiger partial charge in [0.1, 0.15) is 0 Å². The zero-order chi connectivity index (χ0) is 13.0. The lowest BCUT2D eigenvalue weighted by molar-refractivity contribution is -0.137. The number of carboxylic acids is 1. The molecule has 0 spiro atoms. The normalized spacial score (nSPS) is 10.7. The van der Waals surface area contributed by atoms with Crippen molar-refractivity contribution in [3.05, 3.63) is 23.5 Å². The van der Waals surface area contributed by atoms with E-state index in [1.807, 2.05) is 16.0 Å². The summed E-state index contributed by atoms with van der Waals surface area (Å²) in [5.74, 6) is -0.948. The van der Waals surface area contributed by atoms with Gasteiger partial charge < -0.3 is 10.4 Å². The summed E-state index contributed by atoms with van der Waals surface area (Å²) in [6, 6.07) is 0. The number of rotatable bonds is 6. The Labute approximate surface area is 107 Å². The standard InChI is InChI=1S/C11H13N3O3S/c15-9(12-3-1-2-10(16)17)6-8-7-18-11-13-4-5-14(8)11/h4-5,7H,1-3,6H2,(H,12,15)(H,16,17). The van der Waals surface area contributed by atoms with E-state index < -0.39 is 5.97 Å². The van der Waals surface area contributed by atoms with Crippen molar-refractivity contribution in [3.63, 3.8) is 0 Å². The van der Waals surface area contributed by atoms with E-state index >= 15 is 0 Å². The second-order valence-electron chi connectivity index (χ2n) is 3.83. The van der Waals surface area contributed by atoms with Crippen LogP contribution in [0.1, 0.15) is 18.5 Å². The summed E-state index contributed by atoms with van der Waals surface area (Å²) in [5.41, 5.74) is 0.892. The summed E-state index contributed by atoms with van der Waals surface area (Å²) in [6.45, 7) is 0.391. The van der Waals surface area contributed by atoms with Crippen LogP contribution in [-0.2, 0) is 16.0 Å². The SMILES string of the molecule is O=C(O)CCCNC(=O)Cc1csc2nccn12. The van der Waals surface area contributed by atoms with Crippen LogP contribution in [0.2, 0.25) is 0 Å². The molecule has 0 atom stereocenters. The number of aliphatic carboxylic acids is 1. The summed E-state index contributed by atoms with van der Waals surface area (Å²) in [6.07, 6.45) is 4.32. The summed E-state index contributed by atoms with van der Waals surface area (Å²) >= 11 is 1.49. The van der Waals surface area contributed by atoms with E-state index in [-0.39, 0.29) is 18.7 Å². The minimum atomic E-state index is -0.845. The highest BCUT2D eigenvalue weighted by Crippen LogP contribution is 2.14. The fourth-order valence-electron chi connectivity index (χ4n) is 1.59. The molecule has 18 heavy (non-hydrogen) atoms. The third-order valence-corrected chi connectivity index (χ3v) is 3.35. The minimum absolute atomic E-state index is 0.0739. The van der Waals surface area contributed by atoms with Crippen LogP contribution in [0.5, 0.6) is 0 Å². The number of imidazole rings is 1. The van der Waals surface area contributed by atoms with Gasteiger partial charge in [0.15, 0.2) is 4.96 Å². The molecule has 0 radical (unpaired) electrons. The number of thiazole rings is 1. The van der Waals surface area contributed by atoms with Gasteiger partial charge in [0, 0.05) is 36.4 Å². The maximum absolute atomic E-state index is 11.6. The maximum atomic E-state index is 11.6. The monoisotopic (exact) mass is 267 g/mol. The third kappa shape index (κ3) is 3.07. The molecule has 0 aliphatic rings. The van der Waals surface area contributed by atoms with Crippen LogP contribution in [-0.4, -0.2) is 32.9 Å². The van der Waals surface area contributed by atoms with Crippen LogP contribution in [0, 0.1) is 0 Å². The fraction of sp³-hybridized carbons (Fsp3) is 0.364. The molecule has 6 nitrogen and oxygen atoms in total. The summed E-state index contributed by atoms with van der Waals surface area (Å²) in [7, 11) is 0. The molecule has 96 valence electrons. The first-order valence-electron chi connectivity index (χ1n) is 5.55. The Bertz CT molecular complexity index is 561. The molecule has 0 unspecified atom stereocenters. The van der Waals surface area contributed by atoms with Crippen molar-refractivity contribution in [2.75, 3.05) is 6.54 Å². The Morgan fingerprint density at radius 1 is 1.50 bits per heavy atom. The van der Waals surface area contributed by atoms with Gasteiger partial charge in [-0.1, -0.05) is 0 Å². The van der Waals surface area contributed by atoms with Gasteiger partial charge in [-0.05, 0) is 6.42 Å². The molecular weight excluding hydrogens is 254 g/mol. The van der Waals surface area contributed by atoms with E-state index in [1.165, 1.54) is 11.3 Å². The van der Waals surface area contributed by atoms with Crippen LogP contribution in [0.3, 0.4) is 0 Å². The lowest BCUT2D eigenvalue weighted by Crippen LogP contribution is -2.26. The molecule has 0 bridgehead atoms. The predicted octanol–water partition coefficient (Wildman–Crippen LogP) is 0.919. The highest BCUT2D eigenvalue weighted by atomic mass is 32.1. The number of hydrogen-bond acceptors (Lipinski definition) is 4. The molecule has 2 heterocycles. The van der Waals surface area contributed by atoms with E-state index in [2.05, 4.69) is 10.3 Å². The van der Waals surface area contributed by atoms with Crippen molar-refractivity contribution in [2.45, 2.75) is 19.3 Å². The molecule has 0 aliphatic heterocycles. The first-order chi connectivity index (χ1) is 8.66. The summed E-state index contributed by atoms with van der Waals surface area (Å²) in [4.78, 5) is 26.9. The van der Waals surface area contributed by atoms with Gasteiger partial charge in [0.05, 0.1) is 6.42 Å². The van der Waals surface area contributed by atoms with Crippen molar-refractivity contribution < 1.29 is 14.7 Å². The molecule has 1 amide bonds. The van der Waals surface area contributed by atoms with Crippen molar-refractivity contribution in [3.8, 4) is 0 Å². The molecule has 0 aliphatic carbocycles. The van der Waals surface area contributed by atoms with E-state index in [1.54, 1.807) is 6.20 Å². The average Bonchev–Trinajstić information content (AvgIpc) is 2.89. The highest BCUT2D eigenvalue weighted by molar-refractivity contribution is 7.15. The lowest BCUT2D eigenvalue weighted by atomic mass is 10.3. The summed E-state index contributed by atoms with van der Waals surface area (Å²) in [5, 5.41) is 13.1. The Hall–Kier alpha value is -1.89. The van der Waals surface area contributed by atoms with Crippen LogP contribution < -0.4 is 5.32 Å². The Balaban J connectivity index is 1.81. The first-order valence-corrected chi connectivity index (χ1v) is 6.42. The molecule has 2 rings (SSSR count). The van der Waals surface area contributed by atoms with Gasteiger partial charge in [0.25, 0.3) is 0 Å². The van der Waals surface area contributed by atoms with Crippen molar-refractivity contribution in [1.82, 2.24) is 14.7 Å². The van der Waals surface area contributed by atoms with Gasteiger partial charge in [-0.3, -0.25) is 14.0 Å².